The van der Waals surface area contributed by atoms with Crippen molar-refractivity contribution < 1.29 is 0 Å². The topological polar surface area (TPSA) is 9.72 Å². The minimum absolute atomic E-state index is 0.250. The van der Waals surface area contributed by atoms with Crippen LogP contribution in [0.1, 0.15) is 0 Å². The summed E-state index contributed by atoms with van der Waals surface area (Å²) in [5.74, 6) is 0. The van der Waals surface area contributed by atoms with Crippen molar-refractivity contribution in [2.24, 2.45) is 0 Å². The molecule has 21 aromatic rings. The zero-order valence-electron chi connectivity index (χ0n) is 59.3. The lowest BCUT2D eigenvalue weighted by Gasteiger charge is -2.45. The maximum atomic E-state index is 2.61. The van der Waals surface area contributed by atoms with Gasteiger partial charge >= 0.3 is 0 Å². The van der Waals surface area contributed by atoms with Gasteiger partial charge in [-0.2, -0.15) is 0 Å². The van der Waals surface area contributed by atoms with Gasteiger partial charge in [0.2, 0.25) is 0 Å². The molecule has 0 bridgehead atoms. The van der Waals surface area contributed by atoms with Crippen LogP contribution in [0.5, 0.6) is 0 Å². The molecule has 0 amide bonds. The highest BCUT2D eigenvalue weighted by molar-refractivity contribution is 7.27. The average molecular weight is 1470 g/mol. The van der Waals surface area contributed by atoms with Gasteiger partial charge in [-0.3, -0.25) is 0 Å². The van der Waals surface area contributed by atoms with E-state index in [1.165, 1.54) is 153 Å². The first-order valence-electron chi connectivity index (χ1n) is 37.5. The van der Waals surface area contributed by atoms with Crippen molar-refractivity contribution in [2.75, 3.05) is 14.7 Å². The predicted octanol–water partition coefficient (Wildman–Crippen LogP) is 28.7. The third-order valence-corrected chi connectivity index (χ3v) is 27.4. The van der Waals surface area contributed by atoms with Gasteiger partial charge in [-0.25, -0.2) is 0 Å². The Balaban J connectivity index is 0.813. The van der Waals surface area contributed by atoms with Crippen molar-refractivity contribution in [3.8, 4) is 66.8 Å². The van der Waals surface area contributed by atoms with E-state index in [0.717, 1.165) is 62.3 Å². The molecule has 17 aromatic carbocycles. The quantitative estimate of drug-likeness (QED) is 0.120. The summed E-state index contributed by atoms with van der Waals surface area (Å²) in [6.45, 7) is -0.250. The molecule has 2 aliphatic rings. The Morgan fingerprint density at radius 2 is 0.500 bits per heavy atom. The highest BCUT2D eigenvalue weighted by atomic mass is 32.1. The smallest absolute Gasteiger partial charge is 0.252 e. The number of nitrogens with zero attached hydrogens (tertiary/aromatic N) is 3. The predicted molar refractivity (Wildman–Crippen MR) is 479 cm³/mol. The standard InChI is InChI=1S/C102H62BN3S4/c1-3-19-63(20-4-1)65-39-49-71(50-40-65)104(72-51-41-66(42-52-72)64-21-5-2-6-22-64)75-61-88-102-89(62-75)106(74-55-45-68(46-56-74)77-28-16-36-95-99(77)81-24-8-12-32-91(81)108-95)87-58-48-70(79-30-18-38-97-101(79)83-26-10-14-34-93(83)110-97)60-85(87)103(102)84-59-69(78-29-17-37-96-100(78)82-25-9-13-33-92(82)109-96)47-57-86(84)105(88)73-53-43-67(44-54-73)76-27-15-35-94-98(76)80-23-7-11-31-90(80)107-94/h1-62H. The number of rotatable bonds is 11. The minimum Gasteiger partial charge on any atom is -0.311 e. The van der Waals surface area contributed by atoms with Crippen LogP contribution in [0.25, 0.3) is 147 Å². The van der Waals surface area contributed by atoms with Crippen LogP contribution >= 0.6 is 45.3 Å². The highest BCUT2D eigenvalue weighted by Crippen LogP contribution is 2.53. The number of thiophene rings is 4. The Morgan fingerprint density at radius 3 is 0.855 bits per heavy atom. The average Bonchev–Trinajstić information content (AvgIpc) is 0.933. The Morgan fingerprint density at radius 1 is 0.209 bits per heavy atom. The largest absolute Gasteiger partial charge is 0.311 e. The SMILES string of the molecule is c1ccc(-c2ccc(N(c3ccc(-c4ccccc4)cc3)c3cc4c5c(c3)N(c3ccc(-c6cccc7sc8ccccc8c67)cc3)c3ccc(-c6cccc7sc8ccccc8c67)cc3B5c3cc(-c5cccc6sc7ccccc7c56)ccc3N4c3ccc(-c4cccc5sc6ccccc6c45)cc3)cc2)cc1. The van der Waals surface area contributed by atoms with E-state index in [-0.39, 0.29) is 6.71 Å². The fraction of sp³-hybridized carbons (Fsp3) is 0. The summed E-state index contributed by atoms with van der Waals surface area (Å²) in [7, 11) is 0. The summed E-state index contributed by atoms with van der Waals surface area (Å²) in [4.78, 5) is 7.71. The number of anilines is 9. The maximum Gasteiger partial charge on any atom is 0.252 e. The molecule has 0 saturated heterocycles. The second-order valence-corrected chi connectivity index (χ2v) is 33.2. The third-order valence-electron chi connectivity index (χ3n) is 22.9. The molecular weight excluding hydrogens is 1410 g/mol. The normalized spacial score (nSPS) is 12.5. The van der Waals surface area contributed by atoms with Crippen LogP contribution in [0.3, 0.4) is 0 Å². The Kier molecular flexibility index (Phi) is 14.6. The molecule has 110 heavy (non-hydrogen) atoms. The van der Waals surface area contributed by atoms with Crippen molar-refractivity contribution in [3.05, 3.63) is 376 Å². The van der Waals surface area contributed by atoms with Crippen LogP contribution < -0.4 is 31.1 Å². The number of benzene rings is 17. The summed E-state index contributed by atoms with van der Waals surface area (Å²) in [6, 6.07) is 142. The van der Waals surface area contributed by atoms with Gasteiger partial charge in [0.15, 0.2) is 0 Å². The number of hydrogen-bond acceptors (Lipinski definition) is 7. The first-order chi connectivity index (χ1) is 54.5. The lowest BCUT2D eigenvalue weighted by atomic mass is 9.33. The molecule has 0 aliphatic carbocycles. The monoisotopic (exact) mass is 1470 g/mol. The van der Waals surface area contributed by atoms with E-state index < -0.39 is 0 Å². The molecule has 0 N–H and O–H groups in total. The van der Waals surface area contributed by atoms with Gasteiger partial charge < -0.3 is 14.7 Å². The van der Waals surface area contributed by atoms with Crippen molar-refractivity contribution >= 4 is 200 Å². The number of fused-ring (bicyclic) bond motifs is 16. The third kappa shape index (κ3) is 10.1. The minimum atomic E-state index is -0.250. The van der Waals surface area contributed by atoms with Gasteiger partial charge in [0, 0.05) is 126 Å². The van der Waals surface area contributed by atoms with Crippen molar-refractivity contribution in [3.63, 3.8) is 0 Å². The molecule has 512 valence electrons. The first-order valence-corrected chi connectivity index (χ1v) is 40.8. The zero-order chi connectivity index (χ0) is 72.1. The van der Waals surface area contributed by atoms with E-state index in [4.69, 9.17) is 0 Å². The Hall–Kier alpha value is -12.9. The molecule has 3 nitrogen and oxygen atoms in total. The van der Waals surface area contributed by atoms with Gasteiger partial charge in [0.05, 0.1) is 5.69 Å². The Bertz CT molecular complexity index is 6850. The first kappa shape index (κ1) is 63.2. The van der Waals surface area contributed by atoms with Crippen LogP contribution in [-0.4, -0.2) is 6.71 Å². The molecule has 0 saturated carbocycles. The second kappa shape index (κ2) is 25.4. The molecule has 8 heteroatoms. The molecule has 0 radical (unpaired) electrons. The summed E-state index contributed by atoms with van der Waals surface area (Å²) < 4.78 is 10.3. The summed E-state index contributed by atoms with van der Waals surface area (Å²) >= 11 is 7.50. The van der Waals surface area contributed by atoms with Crippen molar-refractivity contribution in [2.45, 2.75) is 0 Å². The van der Waals surface area contributed by atoms with Crippen LogP contribution in [0.15, 0.2) is 376 Å². The summed E-state index contributed by atoms with van der Waals surface area (Å²) in [6.07, 6.45) is 0. The molecule has 0 fully saturated rings. The van der Waals surface area contributed by atoms with E-state index in [2.05, 4.69) is 391 Å². The molecule has 4 aromatic heterocycles. The maximum absolute atomic E-state index is 2.61. The van der Waals surface area contributed by atoms with Crippen molar-refractivity contribution in [1.82, 2.24) is 0 Å². The van der Waals surface area contributed by atoms with E-state index in [1.54, 1.807) is 0 Å². The number of hydrogen-bond donors (Lipinski definition) is 0. The lowest BCUT2D eigenvalue weighted by Crippen LogP contribution is -2.61. The molecule has 0 atom stereocenters. The van der Waals surface area contributed by atoms with E-state index >= 15 is 0 Å². The van der Waals surface area contributed by atoms with Crippen LogP contribution in [0.2, 0.25) is 0 Å². The van der Waals surface area contributed by atoms with Crippen LogP contribution in [-0.2, 0) is 0 Å². The zero-order valence-corrected chi connectivity index (χ0v) is 62.6. The van der Waals surface area contributed by atoms with Crippen molar-refractivity contribution in [1.29, 1.82) is 0 Å². The Labute approximate surface area is 652 Å². The van der Waals surface area contributed by atoms with Crippen LogP contribution in [0.4, 0.5) is 51.2 Å². The fourth-order valence-corrected chi connectivity index (χ4v) is 22.5. The lowest BCUT2D eigenvalue weighted by molar-refractivity contribution is 1.23. The second-order valence-electron chi connectivity index (χ2n) is 28.9. The highest BCUT2D eigenvalue weighted by Gasteiger charge is 2.45. The van der Waals surface area contributed by atoms with Gasteiger partial charge in [-0.1, -0.05) is 255 Å². The van der Waals surface area contributed by atoms with Crippen LogP contribution in [0, 0.1) is 0 Å². The summed E-state index contributed by atoms with van der Waals surface area (Å²) in [5.41, 5.74) is 27.8. The van der Waals surface area contributed by atoms with Gasteiger partial charge in [-0.05, 0) is 204 Å². The molecule has 23 rings (SSSR count). The van der Waals surface area contributed by atoms with Gasteiger partial charge in [0.25, 0.3) is 6.71 Å². The van der Waals surface area contributed by atoms with E-state index in [1.807, 2.05) is 45.3 Å². The van der Waals surface area contributed by atoms with E-state index in [9.17, 15) is 0 Å². The molecule has 0 spiro atoms. The molecule has 6 heterocycles. The van der Waals surface area contributed by atoms with Gasteiger partial charge in [-0.15, -0.1) is 45.3 Å². The summed E-state index contributed by atoms with van der Waals surface area (Å²) in [5, 5.41) is 10.3. The molecule has 0 unspecified atom stereocenters. The van der Waals surface area contributed by atoms with E-state index in [0.29, 0.717) is 0 Å². The molecular formula is C102H62BN3S4. The fourth-order valence-electron chi connectivity index (χ4n) is 18.0. The van der Waals surface area contributed by atoms with Gasteiger partial charge in [0.1, 0.15) is 0 Å². The molecule has 2 aliphatic heterocycles.